The third-order valence-corrected chi connectivity index (χ3v) is 3.07. The number of benzene rings is 2. The van der Waals surface area contributed by atoms with Gasteiger partial charge in [0.25, 0.3) is 0 Å². The topological polar surface area (TPSA) is 38.7 Å². The molecule has 0 aliphatic rings. The van der Waals surface area contributed by atoms with E-state index in [0.717, 1.165) is 6.07 Å². The van der Waals surface area contributed by atoms with E-state index < -0.39 is 17.7 Å². The number of rotatable bonds is 5. The van der Waals surface area contributed by atoms with Crippen molar-refractivity contribution in [3.63, 3.8) is 0 Å². The predicted molar refractivity (Wildman–Crippen MR) is 74.3 cm³/mol. The van der Waals surface area contributed by atoms with Crippen LogP contribution in [0.5, 0.6) is 11.5 Å². The lowest BCUT2D eigenvalue weighted by molar-refractivity contribution is 0.198. The Kier molecular flexibility index (Phi) is 4.75. The van der Waals surface area contributed by atoms with Gasteiger partial charge in [-0.25, -0.2) is 8.78 Å². The zero-order chi connectivity index (χ0) is 15.4. The molecule has 0 saturated carbocycles. The minimum absolute atomic E-state index is 0.0451. The lowest BCUT2D eigenvalue weighted by atomic mass is 10.1. The number of ether oxygens (including phenoxy) is 2. The summed E-state index contributed by atoms with van der Waals surface area (Å²) >= 11 is 0. The Bertz CT molecular complexity index is 627. The van der Waals surface area contributed by atoms with Crippen LogP contribution in [0, 0.1) is 11.6 Å². The molecule has 0 aliphatic carbocycles. The molecule has 0 unspecified atom stereocenters. The van der Waals surface area contributed by atoms with Crippen molar-refractivity contribution >= 4 is 0 Å². The largest absolute Gasteiger partial charge is 0.493 e. The molecule has 2 aromatic carbocycles. The van der Waals surface area contributed by atoms with Crippen LogP contribution in [0.3, 0.4) is 0 Å². The number of hydrogen-bond acceptors (Lipinski definition) is 3. The van der Waals surface area contributed by atoms with Crippen LogP contribution in [0.4, 0.5) is 8.78 Å². The van der Waals surface area contributed by atoms with Gasteiger partial charge in [0.2, 0.25) is 0 Å². The molecule has 0 saturated heterocycles. The van der Waals surface area contributed by atoms with Crippen molar-refractivity contribution in [2.24, 2.45) is 0 Å². The summed E-state index contributed by atoms with van der Waals surface area (Å²) in [5, 5.41) is 9.52. The lowest BCUT2D eigenvalue weighted by Gasteiger charge is -2.13. The van der Waals surface area contributed by atoms with Gasteiger partial charge in [0.15, 0.2) is 11.5 Å². The smallest absolute Gasteiger partial charge is 0.161 e. The van der Waals surface area contributed by atoms with Gasteiger partial charge >= 0.3 is 0 Å². The molecule has 2 aromatic rings. The molecule has 0 amide bonds. The van der Waals surface area contributed by atoms with Crippen molar-refractivity contribution in [2.75, 3.05) is 7.11 Å². The predicted octanol–water partition coefficient (Wildman–Crippen LogP) is 3.61. The van der Waals surface area contributed by atoms with Crippen molar-refractivity contribution in [3.05, 3.63) is 59.2 Å². The van der Waals surface area contributed by atoms with Gasteiger partial charge in [0.05, 0.1) is 13.2 Å². The van der Waals surface area contributed by atoms with Crippen LogP contribution in [-0.2, 0) is 6.61 Å². The van der Waals surface area contributed by atoms with Crippen molar-refractivity contribution in [1.29, 1.82) is 0 Å². The second-order valence-corrected chi connectivity index (χ2v) is 4.61. The van der Waals surface area contributed by atoms with E-state index in [9.17, 15) is 13.9 Å². The first-order valence-corrected chi connectivity index (χ1v) is 6.44. The summed E-state index contributed by atoms with van der Waals surface area (Å²) in [5.74, 6) is -0.425. The molecule has 3 nitrogen and oxygen atoms in total. The molecule has 0 heterocycles. The molecule has 0 spiro atoms. The molecular weight excluding hydrogens is 278 g/mol. The Morgan fingerprint density at radius 3 is 2.48 bits per heavy atom. The summed E-state index contributed by atoms with van der Waals surface area (Å²) in [6.45, 7) is 1.60. The summed E-state index contributed by atoms with van der Waals surface area (Å²) < 4.78 is 37.0. The Labute approximate surface area is 121 Å². The summed E-state index contributed by atoms with van der Waals surface area (Å²) in [6, 6.07) is 8.32. The van der Waals surface area contributed by atoms with E-state index >= 15 is 0 Å². The minimum Gasteiger partial charge on any atom is -0.493 e. The molecule has 0 aliphatic heterocycles. The number of aliphatic hydroxyl groups is 1. The molecule has 1 atom stereocenters. The van der Waals surface area contributed by atoms with Crippen LogP contribution < -0.4 is 9.47 Å². The zero-order valence-electron chi connectivity index (χ0n) is 11.8. The molecule has 112 valence electrons. The molecule has 0 fully saturated rings. The fourth-order valence-electron chi connectivity index (χ4n) is 1.86. The maximum absolute atomic E-state index is 13.5. The Balaban J connectivity index is 2.16. The van der Waals surface area contributed by atoms with Crippen molar-refractivity contribution < 1.29 is 23.4 Å². The SMILES string of the molecule is COc1cc([C@@H](C)O)ccc1OCc1ccc(F)cc1F. The van der Waals surface area contributed by atoms with E-state index in [4.69, 9.17) is 9.47 Å². The summed E-state index contributed by atoms with van der Waals surface area (Å²) in [7, 11) is 1.48. The molecule has 0 aromatic heterocycles. The van der Waals surface area contributed by atoms with Gasteiger partial charge in [0.1, 0.15) is 18.2 Å². The quantitative estimate of drug-likeness (QED) is 0.915. The minimum atomic E-state index is -0.658. The van der Waals surface area contributed by atoms with Crippen LogP contribution in [-0.4, -0.2) is 12.2 Å². The average Bonchev–Trinajstić information content (AvgIpc) is 2.46. The van der Waals surface area contributed by atoms with E-state index in [1.165, 1.54) is 19.2 Å². The highest BCUT2D eigenvalue weighted by Crippen LogP contribution is 2.31. The first-order chi connectivity index (χ1) is 10.0. The molecule has 21 heavy (non-hydrogen) atoms. The van der Waals surface area contributed by atoms with Crippen LogP contribution in [0.15, 0.2) is 36.4 Å². The Morgan fingerprint density at radius 1 is 1.10 bits per heavy atom. The molecule has 1 N–H and O–H groups in total. The normalized spacial score (nSPS) is 12.0. The zero-order valence-corrected chi connectivity index (χ0v) is 11.8. The van der Waals surface area contributed by atoms with Gasteiger partial charge in [-0.2, -0.15) is 0 Å². The molecule has 0 radical (unpaired) electrons. The van der Waals surface area contributed by atoms with Crippen LogP contribution in [0.25, 0.3) is 0 Å². The number of aliphatic hydroxyl groups excluding tert-OH is 1. The van der Waals surface area contributed by atoms with E-state index in [1.807, 2.05) is 0 Å². The highest BCUT2D eigenvalue weighted by atomic mass is 19.1. The highest BCUT2D eigenvalue weighted by Gasteiger charge is 2.10. The number of hydrogen-bond donors (Lipinski definition) is 1. The van der Waals surface area contributed by atoms with E-state index in [1.54, 1.807) is 25.1 Å². The van der Waals surface area contributed by atoms with Gasteiger partial charge in [-0.3, -0.25) is 0 Å². The van der Waals surface area contributed by atoms with Crippen LogP contribution >= 0.6 is 0 Å². The third kappa shape index (κ3) is 3.70. The third-order valence-electron chi connectivity index (χ3n) is 3.07. The second-order valence-electron chi connectivity index (χ2n) is 4.61. The van der Waals surface area contributed by atoms with Gasteiger partial charge in [-0.05, 0) is 36.8 Å². The fourth-order valence-corrected chi connectivity index (χ4v) is 1.86. The fraction of sp³-hybridized carbons (Fsp3) is 0.250. The average molecular weight is 294 g/mol. The van der Waals surface area contributed by atoms with Crippen molar-refractivity contribution in [3.8, 4) is 11.5 Å². The lowest BCUT2D eigenvalue weighted by Crippen LogP contribution is -2.01. The Morgan fingerprint density at radius 2 is 1.86 bits per heavy atom. The first kappa shape index (κ1) is 15.3. The standard InChI is InChI=1S/C16H16F2O3/c1-10(19)11-4-6-15(16(7-11)20-2)21-9-12-3-5-13(17)8-14(12)18/h3-8,10,19H,9H2,1-2H3/t10-/m1/s1. The Hall–Kier alpha value is -2.14. The van der Waals surface area contributed by atoms with Crippen LogP contribution in [0.1, 0.15) is 24.2 Å². The number of halogens is 2. The molecular formula is C16H16F2O3. The first-order valence-electron chi connectivity index (χ1n) is 6.44. The van der Waals surface area contributed by atoms with E-state index in [0.29, 0.717) is 17.1 Å². The van der Waals surface area contributed by atoms with Crippen molar-refractivity contribution in [2.45, 2.75) is 19.6 Å². The monoisotopic (exact) mass is 294 g/mol. The summed E-state index contributed by atoms with van der Waals surface area (Å²) in [6.07, 6.45) is -0.623. The molecule has 5 heteroatoms. The van der Waals surface area contributed by atoms with E-state index in [2.05, 4.69) is 0 Å². The highest BCUT2D eigenvalue weighted by molar-refractivity contribution is 5.43. The second kappa shape index (κ2) is 6.54. The summed E-state index contributed by atoms with van der Waals surface area (Å²) in [4.78, 5) is 0. The maximum atomic E-state index is 13.5. The van der Waals surface area contributed by atoms with E-state index in [-0.39, 0.29) is 12.2 Å². The van der Waals surface area contributed by atoms with Crippen molar-refractivity contribution in [1.82, 2.24) is 0 Å². The van der Waals surface area contributed by atoms with Crippen LogP contribution in [0.2, 0.25) is 0 Å². The van der Waals surface area contributed by atoms with Gasteiger partial charge < -0.3 is 14.6 Å². The van der Waals surface area contributed by atoms with Gasteiger partial charge in [-0.1, -0.05) is 6.07 Å². The summed E-state index contributed by atoms with van der Waals surface area (Å²) in [5.41, 5.74) is 0.935. The molecule has 2 rings (SSSR count). The molecule has 0 bridgehead atoms. The van der Waals surface area contributed by atoms with Gasteiger partial charge in [-0.15, -0.1) is 0 Å². The number of methoxy groups -OCH3 is 1. The maximum Gasteiger partial charge on any atom is 0.161 e. The van der Waals surface area contributed by atoms with Gasteiger partial charge in [0, 0.05) is 11.6 Å².